The second-order valence-electron chi connectivity index (χ2n) is 5.34. The highest BCUT2D eigenvalue weighted by Crippen LogP contribution is 2.29. The van der Waals surface area contributed by atoms with Crippen molar-refractivity contribution in [2.45, 2.75) is 40.0 Å². The molecule has 0 atom stereocenters. The average Bonchev–Trinajstić information content (AvgIpc) is 2.42. The fraction of sp³-hybridized carbons (Fsp3) is 0.333. The van der Waals surface area contributed by atoms with E-state index in [1.807, 2.05) is 25.1 Å². The van der Waals surface area contributed by atoms with Gasteiger partial charge in [-0.2, -0.15) is 0 Å². The maximum Gasteiger partial charge on any atom is 0.130 e. The molecule has 0 aliphatic heterocycles. The number of aryl methyl sites for hydroxylation is 3. The highest BCUT2D eigenvalue weighted by Gasteiger charge is 2.06. The third kappa shape index (κ3) is 3.53. The fourth-order valence-electron chi connectivity index (χ4n) is 2.17. The van der Waals surface area contributed by atoms with Crippen molar-refractivity contribution >= 4 is 5.69 Å². The predicted molar refractivity (Wildman–Crippen MR) is 85.5 cm³/mol. The smallest absolute Gasteiger partial charge is 0.130 e. The van der Waals surface area contributed by atoms with Crippen molar-refractivity contribution in [3.8, 4) is 11.5 Å². The van der Waals surface area contributed by atoms with Crippen molar-refractivity contribution in [2.24, 2.45) is 0 Å². The van der Waals surface area contributed by atoms with E-state index in [0.717, 1.165) is 29.2 Å². The molecule has 20 heavy (non-hydrogen) atoms. The Labute approximate surface area is 121 Å². The molecule has 0 aliphatic carbocycles. The molecule has 0 spiro atoms. The van der Waals surface area contributed by atoms with Crippen LogP contribution in [0.15, 0.2) is 36.4 Å². The third-order valence-electron chi connectivity index (χ3n) is 3.49. The standard InChI is InChI=1S/C18H23NO/c1-4-5-6-15-8-7-13(2)11-18(15)20-16-9-10-17(19)14(3)12-16/h7-12H,4-6,19H2,1-3H3. The van der Waals surface area contributed by atoms with Crippen LogP contribution in [0, 0.1) is 13.8 Å². The quantitative estimate of drug-likeness (QED) is 0.773. The summed E-state index contributed by atoms with van der Waals surface area (Å²) in [5.74, 6) is 1.81. The summed E-state index contributed by atoms with van der Waals surface area (Å²) in [5, 5.41) is 0. The molecule has 2 aromatic carbocycles. The van der Waals surface area contributed by atoms with Crippen LogP contribution in [-0.4, -0.2) is 0 Å². The Morgan fingerprint density at radius 1 is 1.05 bits per heavy atom. The summed E-state index contributed by atoms with van der Waals surface area (Å²) in [7, 11) is 0. The molecule has 0 fully saturated rings. The number of nitrogens with two attached hydrogens (primary N) is 1. The molecule has 106 valence electrons. The Morgan fingerprint density at radius 3 is 2.55 bits per heavy atom. The summed E-state index contributed by atoms with van der Waals surface area (Å²) in [6.45, 7) is 6.29. The summed E-state index contributed by atoms with van der Waals surface area (Å²) in [6, 6.07) is 12.2. The zero-order chi connectivity index (χ0) is 14.5. The Bertz CT molecular complexity index is 590. The largest absolute Gasteiger partial charge is 0.457 e. The number of benzene rings is 2. The molecule has 2 heteroatoms. The highest BCUT2D eigenvalue weighted by atomic mass is 16.5. The minimum Gasteiger partial charge on any atom is -0.457 e. The first-order valence-electron chi connectivity index (χ1n) is 7.23. The van der Waals surface area contributed by atoms with E-state index in [1.165, 1.54) is 24.0 Å². The third-order valence-corrected chi connectivity index (χ3v) is 3.49. The summed E-state index contributed by atoms with van der Waals surface area (Å²) >= 11 is 0. The van der Waals surface area contributed by atoms with Gasteiger partial charge in [0.25, 0.3) is 0 Å². The molecule has 0 aliphatic rings. The van der Waals surface area contributed by atoms with E-state index in [0.29, 0.717) is 0 Å². The molecule has 0 amide bonds. The van der Waals surface area contributed by atoms with E-state index in [4.69, 9.17) is 10.5 Å². The van der Waals surface area contributed by atoms with Gasteiger partial charge < -0.3 is 10.5 Å². The van der Waals surface area contributed by atoms with Crippen molar-refractivity contribution in [3.05, 3.63) is 53.1 Å². The first-order chi connectivity index (χ1) is 9.60. The van der Waals surface area contributed by atoms with Crippen LogP contribution < -0.4 is 10.5 Å². The van der Waals surface area contributed by atoms with E-state index in [2.05, 4.69) is 32.0 Å². The molecule has 0 saturated carbocycles. The molecule has 2 nitrogen and oxygen atoms in total. The lowest BCUT2D eigenvalue weighted by Crippen LogP contribution is -1.95. The van der Waals surface area contributed by atoms with Gasteiger partial charge in [-0.05, 0) is 67.6 Å². The number of hydrogen-bond donors (Lipinski definition) is 1. The number of ether oxygens (including phenoxy) is 1. The van der Waals surface area contributed by atoms with Gasteiger partial charge in [0.1, 0.15) is 11.5 Å². The van der Waals surface area contributed by atoms with Gasteiger partial charge in [-0.15, -0.1) is 0 Å². The Balaban J connectivity index is 2.26. The molecule has 0 radical (unpaired) electrons. The van der Waals surface area contributed by atoms with Gasteiger partial charge in [0, 0.05) is 5.69 Å². The first-order valence-corrected chi connectivity index (χ1v) is 7.23. The van der Waals surface area contributed by atoms with Crippen molar-refractivity contribution in [3.63, 3.8) is 0 Å². The lowest BCUT2D eigenvalue weighted by Gasteiger charge is -2.13. The molecule has 0 saturated heterocycles. The molecule has 0 aromatic heterocycles. The van der Waals surface area contributed by atoms with Crippen LogP contribution in [0.2, 0.25) is 0 Å². The first kappa shape index (κ1) is 14.4. The number of rotatable bonds is 5. The van der Waals surface area contributed by atoms with Gasteiger partial charge in [-0.25, -0.2) is 0 Å². The molecule has 2 N–H and O–H groups in total. The van der Waals surface area contributed by atoms with Crippen LogP contribution in [-0.2, 0) is 6.42 Å². The average molecular weight is 269 g/mol. The van der Waals surface area contributed by atoms with E-state index in [9.17, 15) is 0 Å². The Morgan fingerprint density at radius 2 is 1.85 bits per heavy atom. The van der Waals surface area contributed by atoms with Gasteiger partial charge in [0.2, 0.25) is 0 Å². The summed E-state index contributed by atoms with van der Waals surface area (Å²) < 4.78 is 6.07. The van der Waals surface area contributed by atoms with Crippen LogP contribution in [0.5, 0.6) is 11.5 Å². The molecular formula is C18H23NO. The van der Waals surface area contributed by atoms with Crippen LogP contribution in [0.4, 0.5) is 5.69 Å². The topological polar surface area (TPSA) is 35.2 Å². The zero-order valence-corrected chi connectivity index (χ0v) is 12.6. The number of unbranched alkanes of at least 4 members (excludes halogenated alkanes) is 1. The van der Waals surface area contributed by atoms with E-state index in [-0.39, 0.29) is 0 Å². The van der Waals surface area contributed by atoms with Gasteiger partial charge >= 0.3 is 0 Å². The molecule has 0 bridgehead atoms. The SMILES string of the molecule is CCCCc1ccc(C)cc1Oc1ccc(N)c(C)c1. The van der Waals surface area contributed by atoms with Crippen LogP contribution >= 0.6 is 0 Å². The van der Waals surface area contributed by atoms with Crippen molar-refractivity contribution in [1.82, 2.24) is 0 Å². The Hall–Kier alpha value is -1.96. The maximum absolute atomic E-state index is 6.07. The lowest BCUT2D eigenvalue weighted by molar-refractivity contribution is 0.474. The summed E-state index contributed by atoms with van der Waals surface area (Å²) in [5.41, 5.74) is 10.2. The molecule has 0 unspecified atom stereocenters. The lowest BCUT2D eigenvalue weighted by atomic mass is 10.1. The minimum absolute atomic E-state index is 0.799. The molecule has 0 heterocycles. The van der Waals surface area contributed by atoms with E-state index < -0.39 is 0 Å². The van der Waals surface area contributed by atoms with Gasteiger partial charge in [-0.3, -0.25) is 0 Å². The van der Waals surface area contributed by atoms with Crippen molar-refractivity contribution in [1.29, 1.82) is 0 Å². The second-order valence-corrected chi connectivity index (χ2v) is 5.34. The van der Waals surface area contributed by atoms with E-state index in [1.54, 1.807) is 0 Å². The molecule has 2 rings (SSSR count). The van der Waals surface area contributed by atoms with Crippen LogP contribution in [0.25, 0.3) is 0 Å². The minimum atomic E-state index is 0.799. The monoisotopic (exact) mass is 269 g/mol. The highest BCUT2D eigenvalue weighted by molar-refractivity contribution is 5.51. The second kappa shape index (κ2) is 6.47. The normalized spacial score (nSPS) is 10.6. The summed E-state index contributed by atoms with van der Waals surface area (Å²) in [4.78, 5) is 0. The van der Waals surface area contributed by atoms with Crippen LogP contribution in [0.1, 0.15) is 36.5 Å². The van der Waals surface area contributed by atoms with Crippen molar-refractivity contribution < 1.29 is 4.74 Å². The zero-order valence-electron chi connectivity index (χ0n) is 12.6. The van der Waals surface area contributed by atoms with Gasteiger partial charge in [0.05, 0.1) is 0 Å². The number of anilines is 1. The van der Waals surface area contributed by atoms with Gasteiger partial charge in [0.15, 0.2) is 0 Å². The molecular weight excluding hydrogens is 246 g/mol. The van der Waals surface area contributed by atoms with Crippen LogP contribution in [0.3, 0.4) is 0 Å². The molecule has 2 aromatic rings. The predicted octanol–water partition coefficient (Wildman–Crippen LogP) is 5.02. The summed E-state index contributed by atoms with van der Waals surface area (Å²) in [6.07, 6.45) is 3.43. The van der Waals surface area contributed by atoms with Crippen molar-refractivity contribution in [2.75, 3.05) is 5.73 Å². The maximum atomic E-state index is 6.07. The van der Waals surface area contributed by atoms with Gasteiger partial charge in [-0.1, -0.05) is 25.5 Å². The number of nitrogen functional groups attached to an aromatic ring is 1. The number of hydrogen-bond acceptors (Lipinski definition) is 2. The fourth-order valence-corrected chi connectivity index (χ4v) is 2.17. The Kier molecular flexibility index (Phi) is 4.67. The van der Waals surface area contributed by atoms with E-state index >= 15 is 0 Å².